The van der Waals surface area contributed by atoms with Crippen LogP contribution < -0.4 is 11.1 Å². The highest BCUT2D eigenvalue weighted by Gasteiger charge is 2.38. The lowest BCUT2D eigenvalue weighted by Crippen LogP contribution is -2.51. The Morgan fingerprint density at radius 1 is 1.23 bits per heavy atom. The predicted molar refractivity (Wildman–Crippen MR) is 119 cm³/mol. The number of amides is 2. The van der Waals surface area contributed by atoms with Gasteiger partial charge in [-0.15, -0.1) is 0 Å². The number of aliphatic imine (C=N–C) groups is 1. The van der Waals surface area contributed by atoms with Gasteiger partial charge in [-0.3, -0.25) is 14.5 Å². The summed E-state index contributed by atoms with van der Waals surface area (Å²) in [6.45, 7) is 8.07. The molecule has 2 atom stereocenters. The molecule has 164 valence electrons. The lowest BCUT2D eigenvalue weighted by atomic mass is 9.84. The fraction of sp³-hybridized carbons (Fsp3) is 0.375. The number of carbonyl (C=O) groups excluding carboxylic acids is 2. The minimum Gasteiger partial charge on any atom is -0.369 e. The molecule has 31 heavy (non-hydrogen) atoms. The van der Waals surface area contributed by atoms with Crippen molar-refractivity contribution >= 4 is 17.8 Å². The van der Waals surface area contributed by atoms with E-state index < -0.39 is 5.54 Å². The molecule has 2 unspecified atom stereocenters. The highest BCUT2D eigenvalue weighted by Crippen LogP contribution is 2.30. The van der Waals surface area contributed by atoms with E-state index in [1.165, 1.54) is 17.0 Å². The lowest BCUT2D eigenvalue weighted by Gasteiger charge is -2.37. The van der Waals surface area contributed by atoms with Gasteiger partial charge in [0.25, 0.3) is 5.91 Å². The second-order valence-electron chi connectivity index (χ2n) is 8.59. The summed E-state index contributed by atoms with van der Waals surface area (Å²) in [6.07, 6.45) is 0.292. The molecular weight excluding hydrogens is 395 g/mol. The normalized spacial score (nSPS) is 19.9. The van der Waals surface area contributed by atoms with Crippen molar-refractivity contribution in [3.05, 3.63) is 71.0 Å². The molecule has 1 heterocycles. The zero-order valence-electron chi connectivity index (χ0n) is 18.4. The van der Waals surface area contributed by atoms with Crippen LogP contribution in [-0.2, 0) is 11.3 Å². The first-order valence-electron chi connectivity index (χ1n) is 10.4. The average Bonchev–Trinajstić information content (AvgIpc) is 2.71. The maximum atomic E-state index is 13.1. The maximum Gasteiger partial charge on any atom is 0.251 e. The topological polar surface area (TPSA) is 87.8 Å². The molecule has 3 N–H and O–H groups in total. The van der Waals surface area contributed by atoms with Gasteiger partial charge in [0.05, 0.1) is 24.5 Å². The van der Waals surface area contributed by atoms with Crippen molar-refractivity contribution < 1.29 is 14.0 Å². The van der Waals surface area contributed by atoms with Gasteiger partial charge < -0.3 is 11.1 Å². The Labute approximate surface area is 182 Å². The molecule has 0 saturated carbocycles. The molecule has 0 aromatic heterocycles. The second kappa shape index (κ2) is 8.88. The molecule has 1 aliphatic heterocycles. The number of hydrogen-bond acceptors (Lipinski definition) is 4. The summed E-state index contributed by atoms with van der Waals surface area (Å²) in [5, 5.41) is 2.91. The Balaban J connectivity index is 1.72. The van der Waals surface area contributed by atoms with Crippen LogP contribution in [0.4, 0.5) is 4.39 Å². The number of carbonyl (C=O) groups is 2. The van der Waals surface area contributed by atoms with Crippen molar-refractivity contribution in [3.63, 3.8) is 0 Å². The van der Waals surface area contributed by atoms with Gasteiger partial charge in [-0.25, -0.2) is 9.38 Å². The van der Waals surface area contributed by atoms with E-state index in [4.69, 9.17) is 5.73 Å². The van der Waals surface area contributed by atoms with E-state index in [2.05, 4.69) is 10.3 Å². The molecule has 0 radical (unpaired) electrons. The van der Waals surface area contributed by atoms with Crippen LogP contribution in [0.15, 0.2) is 53.5 Å². The fourth-order valence-corrected chi connectivity index (χ4v) is 3.50. The van der Waals surface area contributed by atoms with E-state index in [-0.39, 0.29) is 42.1 Å². The Kier molecular flexibility index (Phi) is 6.43. The summed E-state index contributed by atoms with van der Waals surface area (Å²) in [5.74, 6) is -0.264. The second-order valence-corrected chi connectivity index (χ2v) is 8.59. The van der Waals surface area contributed by atoms with Crippen LogP contribution in [0.2, 0.25) is 0 Å². The number of guanidine groups is 1. The van der Waals surface area contributed by atoms with E-state index in [0.29, 0.717) is 12.0 Å². The molecule has 7 heteroatoms. The van der Waals surface area contributed by atoms with Crippen molar-refractivity contribution in [1.29, 1.82) is 0 Å². The molecule has 6 nitrogen and oxygen atoms in total. The summed E-state index contributed by atoms with van der Waals surface area (Å²) < 4.78 is 13.1. The molecule has 0 aliphatic carbocycles. The molecule has 0 fully saturated rings. The Hall–Kier alpha value is -3.22. The number of nitrogens with two attached hydrogens (primary N) is 1. The molecule has 0 saturated heterocycles. The number of hydrogen-bond donors (Lipinski definition) is 2. The quantitative estimate of drug-likeness (QED) is 0.740. The first-order chi connectivity index (χ1) is 14.6. The molecule has 2 aromatic carbocycles. The van der Waals surface area contributed by atoms with E-state index in [1.807, 2.05) is 33.8 Å². The molecule has 0 bridgehead atoms. The SMILES string of the molecule is CC(NC(=O)c1cccc(CN2C(=O)CC(C)(C(C)C)N=C2N)c1)c1ccc(F)cc1. The van der Waals surface area contributed by atoms with Gasteiger partial charge in [0.15, 0.2) is 5.96 Å². The lowest BCUT2D eigenvalue weighted by molar-refractivity contribution is -0.130. The Morgan fingerprint density at radius 2 is 1.90 bits per heavy atom. The number of rotatable bonds is 6. The molecule has 2 aromatic rings. The van der Waals surface area contributed by atoms with Crippen LogP contribution in [0.1, 0.15) is 61.6 Å². The number of nitrogens with one attached hydrogen (secondary N) is 1. The van der Waals surface area contributed by atoms with Crippen LogP contribution in [-0.4, -0.2) is 28.2 Å². The summed E-state index contributed by atoms with van der Waals surface area (Å²) in [6, 6.07) is 12.8. The maximum absolute atomic E-state index is 13.1. The Morgan fingerprint density at radius 3 is 2.52 bits per heavy atom. The van der Waals surface area contributed by atoms with Gasteiger partial charge >= 0.3 is 0 Å². The summed E-state index contributed by atoms with van der Waals surface area (Å²) >= 11 is 0. The standard InChI is InChI=1S/C24H29FN4O2/c1-15(2)24(4)13-21(30)29(23(26)28-24)14-17-6-5-7-19(12-17)22(31)27-16(3)18-8-10-20(25)11-9-18/h5-12,15-16H,13-14H2,1-4H3,(H2,26,28)(H,27,31). The van der Waals surface area contributed by atoms with Gasteiger partial charge in [-0.2, -0.15) is 0 Å². The Bertz CT molecular complexity index is 1000. The predicted octanol–water partition coefficient (Wildman–Crippen LogP) is 3.78. The van der Waals surface area contributed by atoms with Gasteiger partial charge in [0.1, 0.15) is 5.82 Å². The van der Waals surface area contributed by atoms with Crippen molar-refractivity contribution in [3.8, 4) is 0 Å². The fourth-order valence-electron chi connectivity index (χ4n) is 3.50. The van der Waals surface area contributed by atoms with Crippen molar-refractivity contribution in [2.75, 3.05) is 0 Å². The summed E-state index contributed by atoms with van der Waals surface area (Å²) in [7, 11) is 0. The zero-order chi connectivity index (χ0) is 22.8. The van der Waals surface area contributed by atoms with E-state index in [9.17, 15) is 14.0 Å². The van der Waals surface area contributed by atoms with Crippen molar-refractivity contribution in [2.24, 2.45) is 16.6 Å². The molecular formula is C24H29FN4O2. The van der Waals surface area contributed by atoms with E-state index >= 15 is 0 Å². The molecule has 2 amide bonds. The summed E-state index contributed by atoms with van der Waals surface area (Å²) in [5.41, 5.74) is 7.67. The smallest absolute Gasteiger partial charge is 0.251 e. The molecule has 0 spiro atoms. The highest BCUT2D eigenvalue weighted by atomic mass is 19.1. The van der Waals surface area contributed by atoms with E-state index in [1.54, 1.807) is 30.3 Å². The largest absolute Gasteiger partial charge is 0.369 e. The van der Waals surface area contributed by atoms with Crippen LogP contribution in [0, 0.1) is 11.7 Å². The first-order valence-corrected chi connectivity index (χ1v) is 10.4. The summed E-state index contributed by atoms with van der Waals surface area (Å²) in [4.78, 5) is 31.5. The van der Waals surface area contributed by atoms with Crippen LogP contribution in [0.5, 0.6) is 0 Å². The minimum atomic E-state index is -0.504. The van der Waals surface area contributed by atoms with E-state index in [0.717, 1.165) is 11.1 Å². The average molecular weight is 425 g/mol. The van der Waals surface area contributed by atoms with Gasteiger partial charge in [-0.05, 0) is 55.2 Å². The van der Waals surface area contributed by atoms with Gasteiger partial charge in [-0.1, -0.05) is 38.1 Å². The third kappa shape index (κ3) is 5.10. The monoisotopic (exact) mass is 424 g/mol. The number of benzene rings is 2. The van der Waals surface area contributed by atoms with Gasteiger partial charge in [0.2, 0.25) is 5.91 Å². The highest BCUT2D eigenvalue weighted by molar-refractivity contribution is 5.99. The molecule has 3 rings (SSSR count). The first kappa shape index (κ1) is 22.5. The molecule has 1 aliphatic rings. The van der Waals surface area contributed by atoms with Crippen LogP contribution in [0.25, 0.3) is 0 Å². The van der Waals surface area contributed by atoms with Crippen molar-refractivity contribution in [1.82, 2.24) is 10.2 Å². The minimum absolute atomic E-state index is 0.0801. The number of halogens is 1. The van der Waals surface area contributed by atoms with Crippen molar-refractivity contribution in [2.45, 2.75) is 52.2 Å². The van der Waals surface area contributed by atoms with Crippen LogP contribution in [0.3, 0.4) is 0 Å². The number of nitrogens with zero attached hydrogens (tertiary/aromatic N) is 2. The van der Waals surface area contributed by atoms with Gasteiger partial charge in [0, 0.05) is 5.56 Å². The zero-order valence-corrected chi connectivity index (χ0v) is 18.4. The third-order valence-corrected chi connectivity index (χ3v) is 5.95. The third-order valence-electron chi connectivity index (χ3n) is 5.95. The van der Waals surface area contributed by atoms with Crippen LogP contribution >= 0.6 is 0 Å².